The fourth-order valence-corrected chi connectivity index (χ4v) is 5.61. The number of nitrogens with one attached hydrogen (secondary N) is 2. The number of piperazine rings is 1. The molecular formula is C24H24FN5O3S. The Kier molecular flexibility index (Phi) is 5.70. The van der Waals surface area contributed by atoms with E-state index in [4.69, 9.17) is 0 Å². The molecule has 3 N–H and O–H groups in total. The second-order valence-corrected chi connectivity index (χ2v) is 9.68. The minimum Gasteiger partial charge on any atom is -0.508 e. The van der Waals surface area contributed by atoms with Crippen LogP contribution in [-0.2, 0) is 0 Å². The van der Waals surface area contributed by atoms with Crippen LogP contribution in [0.25, 0.3) is 21.0 Å². The van der Waals surface area contributed by atoms with Gasteiger partial charge < -0.3 is 20.2 Å². The van der Waals surface area contributed by atoms with E-state index >= 15 is 0 Å². The van der Waals surface area contributed by atoms with Crippen molar-refractivity contribution in [3.05, 3.63) is 58.3 Å². The number of rotatable bonds is 4. The average Bonchev–Trinajstić information content (AvgIpc) is 3.37. The number of thiophene rings is 1. The standard InChI is InChI=1S/C24H24FN5O3S/c1-13-17-5-3-14(25)9-20(17)34-22(13)23(32)26-11-15-12-29(2)7-8-30(15)24(33)21-18-10-16(31)4-6-19(18)27-28-21/h3-6,9-10,15,31H,7-8,11-12H2,1-2H3,(H,26,32)(H,27,28). The molecule has 1 saturated heterocycles. The number of H-pyrrole nitrogens is 1. The average molecular weight is 482 g/mol. The number of nitrogens with zero attached hydrogens (tertiary/aromatic N) is 3. The number of phenolic OH excluding ortho intramolecular Hbond substituents is 1. The van der Waals surface area contributed by atoms with Crippen LogP contribution in [0, 0.1) is 12.7 Å². The largest absolute Gasteiger partial charge is 0.508 e. The minimum atomic E-state index is -0.334. The molecule has 5 rings (SSSR count). The number of fused-ring (bicyclic) bond motifs is 2. The van der Waals surface area contributed by atoms with Crippen LogP contribution >= 0.6 is 11.3 Å². The lowest BCUT2D eigenvalue weighted by molar-refractivity contribution is 0.0489. The molecule has 10 heteroatoms. The van der Waals surface area contributed by atoms with E-state index in [0.717, 1.165) is 15.6 Å². The maximum atomic E-state index is 13.6. The van der Waals surface area contributed by atoms with Gasteiger partial charge in [0.15, 0.2) is 5.69 Å². The molecule has 0 radical (unpaired) electrons. The number of likely N-dealkylation sites (N-methyl/N-ethyl adjacent to an activating group) is 1. The monoisotopic (exact) mass is 481 g/mol. The summed E-state index contributed by atoms with van der Waals surface area (Å²) in [6.45, 7) is 3.91. The van der Waals surface area contributed by atoms with Crippen LogP contribution in [-0.4, -0.2) is 76.2 Å². The molecule has 1 fully saturated rings. The lowest BCUT2D eigenvalue weighted by atomic mass is 10.1. The highest BCUT2D eigenvalue weighted by Crippen LogP contribution is 2.31. The number of phenols is 1. The van der Waals surface area contributed by atoms with Gasteiger partial charge in [-0.25, -0.2) is 4.39 Å². The summed E-state index contributed by atoms with van der Waals surface area (Å²) >= 11 is 1.26. The van der Waals surface area contributed by atoms with Crippen LogP contribution in [0.1, 0.15) is 25.7 Å². The van der Waals surface area contributed by atoms with Crippen LogP contribution in [0.15, 0.2) is 36.4 Å². The Balaban J connectivity index is 1.36. The summed E-state index contributed by atoms with van der Waals surface area (Å²) in [7, 11) is 1.98. The quantitative estimate of drug-likeness (QED) is 0.416. The normalized spacial score (nSPS) is 16.9. The molecule has 176 valence electrons. The van der Waals surface area contributed by atoms with Crippen molar-refractivity contribution in [2.45, 2.75) is 13.0 Å². The number of halogens is 1. The van der Waals surface area contributed by atoms with Crippen LogP contribution in [0.5, 0.6) is 5.75 Å². The number of benzene rings is 2. The summed E-state index contributed by atoms with van der Waals surface area (Å²) in [6, 6.07) is 8.99. The molecular weight excluding hydrogens is 457 g/mol. The summed E-state index contributed by atoms with van der Waals surface area (Å²) < 4.78 is 14.3. The number of hydrogen-bond donors (Lipinski definition) is 3. The van der Waals surface area contributed by atoms with Gasteiger partial charge in [0.1, 0.15) is 11.6 Å². The third-order valence-electron chi connectivity index (χ3n) is 6.30. The zero-order chi connectivity index (χ0) is 24.0. The van der Waals surface area contributed by atoms with Crippen molar-refractivity contribution >= 4 is 44.1 Å². The molecule has 1 aliphatic rings. The fraction of sp³-hybridized carbons (Fsp3) is 0.292. The molecule has 2 aromatic heterocycles. The van der Waals surface area contributed by atoms with E-state index in [1.165, 1.54) is 35.6 Å². The molecule has 1 aliphatic heterocycles. The van der Waals surface area contributed by atoms with Crippen LogP contribution in [0.4, 0.5) is 4.39 Å². The third-order valence-corrected chi connectivity index (χ3v) is 7.55. The van der Waals surface area contributed by atoms with Crippen LogP contribution < -0.4 is 5.32 Å². The highest BCUT2D eigenvalue weighted by Gasteiger charge is 2.32. The Morgan fingerprint density at radius 3 is 2.88 bits per heavy atom. The number of aryl methyl sites for hydroxylation is 1. The van der Waals surface area contributed by atoms with Gasteiger partial charge in [-0.1, -0.05) is 6.07 Å². The van der Waals surface area contributed by atoms with Crippen molar-refractivity contribution in [1.29, 1.82) is 0 Å². The first kappa shape index (κ1) is 22.3. The Morgan fingerprint density at radius 2 is 2.06 bits per heavy atom. The van der Waals surface area contributed by atoms with E-state index in [1.54, 1.807) is 17.0 Å². The molecule has 0 aliphatic carbocycles. The maximum absolute atomic E-state index is 13.6. The van der Waals surface area contributed by atoms with E-state index in [1.807, 2.05) is 14.0 Å². The van der Waals surface area contributed by atoms with Crippen molar-refractivity contribution in [3.8, 4) is 5.75 Å². The molecule has 2 amide bonds. The number of aromatic nitrogens is 2. The first-order chi connectivity index (χ1) is 16.3. The second-order valence-electron chi connectivity index (χ2n) is 8.62. The number of aromatic amines is 1. The zero-order valence-electron chi connectivity index (χ0n) is 18.8. The Hall–Kier alpha value is -3.50. The fourth-order valence-electron chi connectivity index (χ4n) is 4.46. The van der Waals surface area contributed by atoms with E-state index in [2.05, 4.69) is 20.4 Å². The number of aromatic hydroxyl groups is 1. The van der Waals surface area contributed by atoms with E-state index in [0.29, 0.717) is 35.4 Å². The molecule has 1 atom stereocenters. The molecule has 34 heavy (non-hydrogen) atoms. The minimum absolute atomic E-state index is 0.0590. The zero-order valence-corrected chi connectivity index (χ0v) is 19.6. The van der Waals surface area contributed by atoms with Gasteiger partial charge in [0, 0.05) is 36.3 Å². The second kappa shape index (κ2) is 8.69. The number of carbonyl (C=O) groups excluding carboxylic acids is 2. The van der Waals surface area contributed by atoms with Crippen molar-refractivity contribution in [2.75, 3.05) is 33.2 Å². The van der Waals surface area contributed by atoms with Gasteiger partial charge >= 0.3 is 0 Å². The van der Waals surface area contributed by atoms with Crippen LogP contribution in [0.3, 0.4) is 0 Å². The van der Waals surface area contributed by atoms with Gasteiger partial charge in [-0.15, -0.1) is 11.3 Å². The first-order valence-corrected chi connectivity index (χ1v) is 11.8. The van der Waals surface area contributed by atoms with Gasteiger partial charge in [-0.2, -0.15) is 5.10 Å². The van der Waals surface area contributed by atoms with Gasteiger partial charge in [0.25, 0.3) is 11.8 Å². The molecule has 0 bridgehead atoms. The maximum Gasteiger partial charge on any atom is 0.275 e. The van der Waals surface area contributed by atoms with Crippen molar-refractivity contribution in [1.82, 2.24) is 25.3 Å². The first-order valence-electron chi connectivity index (χ1n) is 11.0. The Bertz CT molecular complexity index is 1410. The smallest absolute Gasteiger partial charge is 0.275 e. The summed E-state index contributed by atoms with van der Waals surface area (Å²) in [5, 5.41) is 21.3. The Labute approximate surface area is 199 Å². The summed E-state index contributed by atoms with van der Waals surface area (Å²) in [6.07, 6.45) is 0. The van der Waals surface area contributed by atoms with E-state index < -0.39 is 0 Å². The predicted molar refractivity (Wildman–Crippen MR) is 129 cm³/mol. The van der Waals surface area contributed by atoms with Gasteiger partial charge in [0.05, 0.1) is 16.4 Å². The lowest BCUT2D eigenvalue weighted by Crippen LogP contribution is -2.57. The molecule has 8 nitrogen and oxygen atoms in total. The number of hydrogen-bond acceptors (Lipinski definition) is 6. The SMILES string of the molecule is Cc1c(C(=O)NCC2CN(C)CCN2C(=O)c2n[nH]c3ccc(O)cc23)sc2cc(F)ccc12. The summed E-state index contributed by atoms with van der Waals surface area (Å²) in [5.41, 5.74) is 1.72. The molecule has 2 aromatic carbocycles. The van der Waals surface area contributed by atoms with Crippen molar-refractivity contribution < 1.29 is 19.1 Å². The topological polar surface area (TPSA) is 102 Å². The molecule has 3 heterocycles. The van der Waals surface area contributed by atoms with E-state index in [9.17, 15) is 19.1 Å². The van der Waals surface area contributed by atoms with E-state index in [-0.39, 0.29) is 41.7 Å². The predicted octanol–water partition coefficient (Wildman–Crippen LogP) is 3.12. The molecule has 0 saturated carbocycles. The molecule has 4 aromatic rings. The number of amides is 2. The molecule has 1 unspecified atom stereocenters. The van der Waals surface area contributed by atoms with Gasteiger partial charge in [0.2, 0.25) is 0 Å². The molecule has 0 spiro atoms. The highest BCUT2D eigenvalue weighted by atomic mass is 32.1. The Morgan fingerprint density at radius 1 is 1.24 bits per heavy atom. The number of carbonyl (C=O) groups is 2. The van der Waals surface area contributed by atoms with Gasteiger partial charge in [-0.05, 0) is 55.3 Å². The summed E-state index contributed by atoms with van der Waals surface area (Å²) in [5.74, 6) is -0.768. The van der Waals surface area contributed by atoms with Crippen LogP contribution in [0.2, 0.25) is 0 Å². The third kappa shape index (κ3) is 3.99. The van der Waals surface area contributed by atoms with Crippen molar-refractivity contribution in [2.24, 2.45) is 0 Å². The lowest BCUT2D eigenvalue weighted by Gasteiger charge is -2.39. The summed E-state index contributed by atoms with van der Waals surface area (Å²) in [4.78, 5) is 30.8. The van der Waals surface area contributed by atoms with Crippen molar-refractivity contribution in [3.63, 3.8) is 0 Å². The van der Waals surface area contributed by atoms with Gasteiger partial charge in [-0.3, -0.25) is 14.7 Å². The highest BCUT2D eigenvalue weighted by molar-refractivity contribution is 7.21.